The Bertz CT molecular complexity index is 938. The number of anilines is 1. The first-order valence-corrected chi connectivity index (χ1v) is 11.1. The average molecular weight is 442 g/mol. The Morgan fingerprint density at radius 1 is 1.36 bits per heavy atom. The van der Waals surface area contributed by atoms with Crippen LogP contribution in [0.2, 0.25) is 0 Å². The molecule has 1 aliphatic carbocycles. The van der Waals surface area contributed by atoms with Crippen LogP contribution in [-0.4, -0.2) is 35.4 Å². The van der Waals surface area contributed by atoms with Gasteiger partial charge in [0.25, 0.3) is 5.91 Å². The number of thiazole rings is 1. The third-order valence-electron chi connectivity index (χ3n) is 4.31. The molecular weight excluding hydrogens is 426 g/mol. The third kappa shape index (κ3) is 3.51. The average Bonchev–Trinajstić information content (AvgIpc) is 3.36. The highest BCUT2D eigenvalue weighted by Gasteiger charge is 2.41. The van der Waals surface area contributed by atoms with Gasteiger partial charge in [-0.3, -0.25) is 10.1 Å². The number of nitrogens with one attached hydrogen (secondary N) is 1. The molecule has 1 saturated carbocycles. The fourth-order valence-electron chi connectivity index (χ4n) is 2.82. The van der Waals surface area contributed by atoms with Crippen LogP contribution in [0.3, 0.4) is 0 Å². The van der Waals surface area contributed by atoms with Gasteiger partial charge in [-0.05, 0) is 31.0 Å². The highest BCUT2D eigenvalue weighted by Crippen LogP contribution is 2.35. The zero-order chi connectivity index (χ0) is 17.6. The molecule has 1 aromatic heterocycles. The summed E-state index contributed by atoms with van der Waals surface area (Å²) in [6, 6.07) is 7.13. The molecule has 25 heavy (non-hydrogen) atoms. The molecule has 1 aromatic carbocycles. The minimum atomic E-state index is -3.17. The molecular formula is C16H16BrN3O3S2. The van der Waals surface area contributed by atoms with Crippen molar-refractivity contribution in [3.8, 4) is 0 Å². The summed E-state index contributed by atoms with van der Waals surface area (Å²) in [4.78, 5) is 17.7. The number of halogens is 1. The van der Waals surface area contributed by atoms with Crippen LogP contribution in [-0.2, 0) is 23.0 Å². The van der Waals surface area contributed by atoms with E-state index in [4.69, 9.17) is 0 Å². The van der Waals surface area contributed by atoms with Gasteiger partial charge in [0.05, 0.1) is 10.9 Å². The van der Waals surface area contributed by atoms with E-state index in [-0.39, 0.29) is 11.2 Å². The minimum absolute atomic E-state index is 0.197. The van der Waals surface area contributed by atoms with Crippen LogP contribution in [0.25, 0.3) is 0 Å². The van der Waals surface area contributed by atoms with Gasteiger partial charge in [-0.25, -0.2) is 13.4 Å². The Balaban J connectivity index is 1.49. The molecule has 2 heterocycles. The molecule has 1 fully saturated rings. The van der Waals surface area contributed by atoms with Crippen LogP contribution >= 0.6 is 27.3 Å². The maximum absolute atomic E-state index is 12.4. The number of fused-ring (bicyclic) bond motifs is 1. The van der Waals surface area contributed by atoms with Gasteiger partial charge < -0.3 is 0 Å². The molecule has 9 heteroatoms. The van der Waals surface area contributed by atoms with Crippen LogP contribution in [0.1, 0.15) is 33.8 Å². The summed E-state index contributed by atoms with van der Waals surface area (Å²) in [6.45, 7) is 0.827. The first kappa shape index (κ1) is 17.1. The van der Waals surface area contributed by atoms with Crippen molar-refractivity contribution in [2.45, 2.75) is 31.1 Å². The lowest BCUT2D eigenvalue weighted by atomic mass is 10.2. The van der Waals surface area contributed by atoms with Crippen LogP contribution in [0, 0.1) is 0 Å². The zero-order valence-electron chi connectivity index (χ0n) is 13.2. The van der Waals surface area contributed by atoms with E-state index in [1.807, 2.05) is 6.07 Å². The molecule has 0 unspecified atom stereocenters. The van der Waals surface area contributed by atoms with Crippen LogP contribution < -0.4 is 5.32 Å². The summed E-state index contributed by atoms with van der Waals surface area (Å²) in [7, 11) is -3.17. The van der Waals surface area contributed by atoms with Crippen LogP contribution in [0.15, 0.2) is 28.7 Å². The largest absolute Gasteiger partial charge is 0.298 e. The molecule has 1 aliphatic heterocycles. The van der Waals surface area contributed by atoms with E-state index >= 15 is 0 Å². The third-order valence-corrected chi connectivity index (χ3v) is 8.15. The van der Waals surface area contributed by atoms with Gasteiger partial charge in [-0.1, -0.05) is 22.0 Å². The molecule has 0 bridgehead atoms. The molecule has 1 amide bonds. The first-order chi connectivity index (χ1) is 11.9. The number of hydrogen-bond acceptors (Lipinski definition) is 5. The lowest BCUT2D eigenvalue weighted by molar-refractivity contribution is 0.102. The zero-order valence-corrected chi connectivity index (χ0v) is 16.5. The second kappa shape index (κ2) is 6.46. The van der Waals surface area contributed by atoms with Gasteiger partial charge in [-0.15, -0.1) is 11.3 Å². The van der Waals surface area contributed by atoms with Gasteiger partial charge in [0, 0.05) is 34.4 Å². The number of nitrogens with zero attached hydrogens (tertiary/aromatic N) is 2. The maximum Gasteiger partial charge on any atom is 0.257 e. The molecule has 2 aliphatic rings. The van der Waals surface area contributed by atoms with E-state index < -0.39 is 10.0 Å². The molecule has 132 valence electrons. The highest BCUT2D eigenvalue weighted by atomic mass is 79.9. The summed E-state index contributed by atoms with van der Waals surface area (Å²) in [6.07, 6.45) is 2.12. The van der Waals surface area contributed by atoms with Crippen molar-refractivity contribution in [2.24, 2.45) is 0 Å². The lowest BCUT2D eigenvalue weighted by Crippen LogP contribution is -2.37. The molecule has 4 rings (SSSR count). The van der Waals surface area contributed by atoms with Gasteiger partial charge in [-0.2, -0.15) is 4.31 Å². The standard InChI is InChI=1S/C16H16BrN3O3S2/c17-11-3-1-2-10(8-11)15(21)19-16-18-13-6-7-20(9-14(13)24-16)25(22,23)12-4-5-12/h1-3,8,12H,4-7,9H2,(H,18,19,21). The molecule has 6 nitrogen and oxygen atoms in total. The van der Waals surface area contributed by atoms with Gasteiger partial charge in [0.1, 0.15) is 0 Å². The summed E-state index contributed by atoms with van der Waals surface area (Å²) in [5, 5.41) is 3.13. The number of benzene rings is 1. The van der Waals surface area contributed by atoms with Gasteiger partial charge in [0.15, 0.2) is 5.13 Å². The Morgan fingerprint density at radius 2 is 2.16 bits per heavy atom. The van der Waals surface area contributed by atoms with E-state index in [0.717, 1.165) is 27.9 Å². The lowest BCUT2D eigenvalue weighted by Gasteiger charge is -2.25. The van der Waals surface area contributed by atoms with Crippen molar-refractivity contribution in [1.29, 1.82) is 0 Å². The number of amides is 1. The fraction of sp³-hybridized carbons (Fsp3) is 0.375. The smallest absolute Gasteiger partial charge is 0.257 e. The first-order valence-electron chi connectivity index (χ1n) is 7.98. The second-order valence-corrected chi connectivity index (χ2v) is 10.4. The number of carbonyl (C=O) groups excluding carboxylic acids is 1. The number of sulfonamides is 1. The number of aromatic nitrogens is 1. The van der Waals surface area contributed by atoms with Crippen LogP contribution in [0.4, 0.5) is 5.13 Å². The second-order valence-electron chi connectivity index (χ2n) is 6.18. The van der Waals surface area contributed by atoms with Crippen molar-refractivity contribution in [3.63, 3.8) is 0 Å². The topological polar surface area (TPSA) is 79.4 Å². The predicted molar refractivity (Wildman–Crippen MR) is 100 cm³/mol. The Morgan fingerprint density at radius 3 is 2.88 bits per heavy atom. The summed E-state index contributed by atoms with van der Waals surface area (Å²) < 4.78 is 27.2. The highest BCUT2D eigenvalue weighted by molar-refractivity contribution is 9.10. The number of rotatable bonds is 4. The molecule has 0 spiro atoms. The van der Waals surface area contributed by atoms with Gasteiger partial charge >= 0.3 is 0 Å². The van der Waals surface area contributed by atoms with Crippen molar-refractivity contribution < 1.29 is 13.2 Å². The normalized spacial score (nSPS) is 18.0. The molecule has 0 atom stereocenters. The molecule has 1 N–H and O–H groups in total. The Kier molecular flexibility index (Phi) is 4.43. The summed E-state index contributed by atoms with van der Waals surface area (Å²) in [5.74, 6) is -0.227. The fourth-order valence-corrected chi connectivity index (χ4v) is 6.13. The van der Waals surface area contributed by atoms with E-state index in [1.165, 1.54) is 11.3 Å². The Hall–Kier alpha value is -1.29. The number of carbonyl (C=O) groups is 1. The van der Waals surface area contributed by atoms with E-state index in [0.29, 0.717) is 30.2 Å². The summed E-state index contributed by atoms with van der Waals surface area (Å²) in [5.41, 5.74) is 1.43. The van der Waals surface area contributed by atoms with Crippen molar-refractivity contribution in [1.82, 2.24) is 9.29 Å². The van der Waals surface area contributed by atoms with Gasteiger partial charge in [0.2, 0.25) is 10.0 Å². The van der Waals surface area contributed by atoms with E-state index in [2.05, 4.69) is 26.2 Å². The van der Waals surface area contributed by atoms with Crippen LogP contribution in [0.5, 0.6) is 0 Å². The quantitative estimate of drug-likeness (QED) is 0.790. The van der Waals surface area contributed by atoms with Crippen molar-refractivity contribution in [2.75, 3.05) is 11.9 Å². The number of hydrogen-bond donors (Lipinski definition) is 1. The maximum atomic E-state index is 12.4. The van der Waals surface area contributed by atoms with E-state index in [1.54, 1.807) is 22.5 Å². The Labute approximate surface area is 158 Å². The SMILES string of the molecule is O=C(Nc1nc2c(s1)CN(S(=O)(=O)C1CC1)CC2)c1cccc(Br)c1. The molecule has 0 radical (unpaired) electrons. The molecule has 0 saturated heterocycles. The minimum Gasteiger partial charge on any atom is -0.298 e. The molecule has 2 aromatic rings. The summed E-state index contributed by atoms with van der Waals surface area (Å²) >= 11 is 4.70. The van der Waals surface area contributed by atoms with Crippen molar-refractivity contribution in [3.05, 3.63) is 44.9 Å². The van der Waals surface area contributed by atoms with E-state index in [9.17, 15) is 13.2 Å². The monoisotopic (exact) mass is 441 g/mol. The van der Waals surface area contributed by atoms with Crippen molar-refractivity contribution >= 4 is 48.3 Å². The predicted octanol–water partition coefficient (Wildman–Crippen LogP) is 3.01.